The van der Waals surface area contributed by atoms with Gasteiger partial charge in [0.1, 0.15) is 5.82 Å². The summed E-state index contributed by atoms with van der Waals surface area (Å²) in [4.78, 5) is 12.0. The normalized spacial score (nSPS) is 22.4. The molecule has 2 rings (SSSR count). The second-order valence-electron chi connectivity index (χ2n) is 4.60. The number of nitrogens with two attached hydrogens (primary N) is 1. The minimum atomic E-state index is -0.307. The Morgan fingerprint density at radius 2 is 2.17 bits per heavy atom. The molecule has 18 heavy (non-hydrogen) atoms. The number of carbonyl (C=O) groups excluding carboxylic acids is 1. The molecule has 1 saturated carbocycles. The fraction of sp³-hybridized carbons (Fsp3) is 0.462. The van der Waals surface area contributed by atoms with Crippen LogP contribution in [0, 0.1) is 18.7 Å². The Hall–Kier alpha value is -1.13. The number of carbonyl (C=O) groups is 1. The van der Waals surface area contributed by atoms with E-state index >= 15 is 0 Å². The minimum absolute atomic E-state index is 0. The number of hydrogen-bond donors (Lipinski definition) is 2. The molecule has 2 atom stereocenters. The maximum Gasteiger partial charge on any atom is 0.229 e. The summed E-state index contributed by atoms with van der Waals surface area (Å²) < 4.78 is 13.3. The zero-order valence-electron chi connectivity index (χ0n) is 10.3. The van der Waals surface area contributed by atoms with E-state index in [1.807, 2.05) is 0 Å². The van der Waals surface area contributed by atoms with Crippen molar-refractivity contribution in [2.75, 3.05) is 5.32 Å². The molecule has 100 valence electrons. The van der Waals surface area contributed by atoms with Crippen molar-refractivity contribution < 1.29 is 9.18 Å². The van der Waals surface area contributed by atoms with Crippen LogP contribution in [0.1, 0.15) is 24.8 Å². The number of anilines is 1. The predicted octanol–water partition coefficient (Wildman–Crippen LogP) is 2.62. The molecular formula is C13H18ClFN2O. The van der Waals surface area contributed by atoms with E-state index in [2.05, 4.69) is 5.32 Å². The Morgan fingerprint density at radius 1 is 1.44 bits per heavy atom. The molecule has 3 nitrogen and oxygen atoms in total. The number of rotatable bonds is 2. The van der Waals surface area contributed by atoms with Crippen molar-refractivity contribution in [3.05, 3.63) is 29.6 Å². The molecule has 0 aliphatic heterocycles. The topological polar surface area (TPSA) is 55.1 Å². The lowest BCUT2D eigenvalue weighted by molar-refractivity contribution is -0.120. The average Bonchev–Trinajstić information content (AvgIpc) is 2.71. The molecule has 1 aromatic carbocycles. The largest absolute Gasteiger partial charge is 0.327 e. The lowest BCUT2D eigenvalue weighted by Crippen LogP contribution is -2.34. The van der Waals surface area contributed by atoms with E-state index in [1.54, 1.807) is 19.1 Å². The van der Waals surface area contributed by atoms with Crippen molar-refractivity contribution in [3.63, 3.8) is 0 Å². The third kappa shape index (κ3) is 3.00. The molecule has 0 spiro atoms. The molecule has 3 N–H and O–H groups in total. The van der Waals surface area contributed by atoms with Crippen LogP contribution < -0.4 is 11.1 Å². The minimum Gasteiger partial charge on any atom is -0.327 e. The average molecular weight is 273 g/mol. The van der Waals surface area contributed by atoms with Crippen LogP contribution in [-0.4, -0.2) is 11.9 Å². The zero-order valence-corrected chi connectivity index (χ0v) is 11.1. The highest BCUT2D eigenvalue weighted by molar-refractivity contribution is 5.93. The summed E-state index contributed by atoms with van der Waals surface area (Å²) in [6, 6.07) is 4.61. The fourth-order valence-electron chi connectivity index (χ4n) is 2.28. The number of hydrogen-bond acceptors (Lipinski definition) is 2. The van der Waals surface area contributed by atoms with E-state index in [4.69, 9.17) is 5.73 Å². The molecule has 0 saturated heterocycles. The zero-order chi connectivity index (χ0) is 12.4. The first-order valence-electron chi connectivity index (χ1n) is 5.91. The summed E-state index contributed by atoms with van der Waals surface area (Å²) in [6.45, 7) is 1.65. The summed E-state index contributed by atoms with van der Waals surface area (Å²) in [7, 11) is 0. The maximum absolute atomic E-state index is 13.3. The van der Waals surface area contributed by atoms with Gasteiger partial charge in [0, 0.05) is 17.3 Å². The van der Waals surface area contributed by atoms with Gasteiger partial charge in [0.25, 0.3) is 0 Å². The second kappa shape index (κ2) is 6.16. The van der Waals surface area contributed by atoms with Crippen LogP contribution in [0.15, 0.2) is 18.2 Å². The Kier molecular flexibility index (Phi) is 5.11. The first-order chi connectivity index (χ1) is 8.09. The molecule has 0 heterocycles. The molecule has 2 unspecified atom stereocenters. The van der Waals surface area contributed by atoms with Crippen molar-refractivity contribution in [1.29, 1.82) is 0 Å². The van der Waals surface area contributed by atoms with Gasteiger partial charge in [0.2, 0.25) is 5.91 Å². The van der Waals surface area contributed by atoms with Gasteiger partial charge in [0.05, 0.1) is 5.92 Å². The molecule has 0 radical (unpaired) electrons. The highest BCUT2D eigenvalue weighted by Crippen LogP contribution is 2.26. The molecule has 1 amide bonds. The molecule has 5 heteroatoms. The van der Waals surface area contributed by atoms with Gasteiger partial charge in [-0.1, -0.05) is 12.5 Å². The smallest absolute Gasteiger partial charge is 0.229 e. The van der Waals surface area contributed by atoms with Gasteiger partial charge in [-0.05, 0) is 31.9 Å². The molecule has 1 aliphatic carbocycles. The summed E-state index contributed by atoms with van der Waals surface area (Å²) in [5, 5.41) is 2.76. The second-order valence-corrected chi connectivity index (χ2v) is 4.60. The summed E-state index contributed by atoms with van der Waals surface area (Å²) in [5.74, 6) is -0.542. The van der Waals surface area contributed by atoms with E-state index in [9.17, 15) is 9.18 Å². The molecule has 0 aromatic heterocycles. The summed E-state index contributed by atoms with van der Waals surface area (Å²) in [5.41, 5.74) is 6.87. The SMILES string of the molecule is Cc1c(F)cccc1NC(=O)C1CCCC1N.Cl. The Morgan fingerprint density at radius 3 is 2.78 bits per heavy atom. The lowest BCUT2D eigenvalue weighted by Gasteiger charge is -2.16. The van der Waals surface area contributed by atoms with E-state index in [0.29, 0.717) is 11.3 Å². The van der Waals surface area contributed by atoms with Crippen LogP contribution in [0.5, 0.6) is 0 Å². The number of nitrogens with one attached hydrogen (secondary N) is 1. The van der Waals surface area contributed by atoms with Crippen molar-refractivity contribution in [3.8, 4) is 0 Å². The highest BCUT2D eigenvalue weighted by Gasteiger charge is 2.30. The van der Waals surface area contributed by atoms with Crippen molar-refractivity contribution in [2.45, 2.75) is 32.2 Å². The number of halogens is 2. The van der Waals surface area contributed by atoms with E-state index in [-0.39, 0.29) is 36.1 Å². The Labute approximate surface area is 112 Å². The van der Waals surface area contributed by atoms with E-state index in [1.165, 1.54) is 6.07 Å². The van der Waals surface area contributed by atoms with Gasteiger partial charge in [-0.25, -0.2) is 4.39 Å². The number of amides is 1. The predicted molar refractivity (Wildman–Crippen MR) is 72.3 cm³/mol. The summed E-state index contributed by atoms with van der Waals surface area (Å²) >= 11 is 0. The van der Waals surface area contributed by atoms with Gasteiger partial charge in [-0.3, -0.25) is 4.79 Å². The van der Waals surface area contributed by atoms with E-state index < -0.39 is 0 Å². The standard InChI is InChI=1S/C13H17FN2O.ClH/c1-8-10(14)5-3-7-12(8)16-13(17)9-4-2-6-11(9)15;/h3,5,7,9,11H,2,4,6,15H2,1H3,(H,16,17);1H. The van der Waals surface area contributed by atoms with Crippen LogP contribution >= 0.6 is 12.4 Å². The van der Waals surface area contributed by atoms with Crippen LogP contribution in [0.2, 0.25) is 0 Å². The molecule has 1 aliphatic rings. The maximum atomic E-state index is 13.3. The number of benzene rings is 1. The summed E-state index contributed by atoms with van der Waals surface area (Å²) in [6.07, 6.45) is 2.70. The van der Waals surface area contributed by atoms with Gasteiger partial charge >= 0.3 is 0 Å². The van der Waals surface area contributed by atoms with Crippen molar-refractivity contribution >= 4 is 24.0 Å². The third-order valence-corrected chi connectivity index (χ3v) is 3.43. The highest BCUT2D eigenvalue weighted by atomic mass is 35.5. The first kappa shape index (κ1) is 14.9. The van der Waals surface area contributed by atoms with Crippen LogP contribution in [-0.2, 0) is 4.79 Å². The Bertz CT molecular complexity index is 439. The van der Waals surface area contributed by atoms with Crippen molar-refractivity contribution in [1.82, 2.24) is 0 Å². The van der Waals surface area contributed by atoms with Crippen LogP contribution in [0.25, 0.3) is 0 Å². The van der Waals surface area contributed by atoms with Gasteiger partial charge in [0.15, 0.2) is 0 Å². The Balaban J connectivity index is 0.00000162. The van der Waals surface area contributed by atoms with Crippen LogP contribution in [0.3, 0.4) is 0 Å². The third-order valence-electron chi connectivity index (χ3n) is 3.43. The van der Waals surface area contributed by atoms with E-state index in [0.717, 1.165) is 19.3 Å². The van der Waals surface area contributed by atoms with Gasteiger partial charge in [-0.15, -0.1) is 12.4 Å². The van der Waals surface area contributed by atoms with Gasteiger partial charge < -0.3 is 11.1 Å². The quantitative estimate of drug-likeness (QED) is 0.870. The molecular weight excluding hydrogens is 255 g/mol. The molecule has 0 bridgehead atoms. The molecule has 1 fully saturated rings. The first-order valence-corrected chi connectivity index (χ1v) is 5.91. The fourth-order valence-corrected chi connectivity index (χ4v) is 2.28. The lowest BCUT2D eigenvalue weighted by atomic mass is 10.0. The monoisotopic (exact) mass is 272 g/mol. The van der Waals surface area contributed by atoms with Crippen LogP contribution in [0.4, 0.5) is 10.1 Å². The van der Waals surface area contributed by atoms with Crippen molar-refractivity contribution in [2.24, 2.45) is 11.7 Å². The van der Waals surface area contributed by atoms with Gasteiger partial charge in [-0.2, -0.15) is 0 Å². The molecule has 1 aromatic rings.